The molecule has 1 aromatic carbocycles. The molecule has 1 aliphatic carbocycles. The summed E-state index contributed by atoms with van der Waals surface area (Å²) in [5, 5.41) is 3.87. The molecule has 160 valence electrons. The van der Waals surface area contributed by atoms with E-state index in [-0.39, 0.29) is 0 Å². The van der Waals surface area contributed by atoms with Crippen molar-refractivity contribution in [3.63, 3.8) is 0 Å². The van der Waals surface area contributed by atoms with E-state index in [1.54, 1.807) is 13.3 Å². The summed E-state index contributed by atoms with van der Waals surface area (Å²) in [7, 11) is 1.67. The minimum absolute atomic E-state index is 0.342. The molecule has 1 aliphatic rings. The standard InChI is InChI=1S/C23H26N6O2/c1-31-18-4-2-3-16-11-17(27-19(16)18)20-21-22(24)26-9-10-29(21)23(28-20)15-7-5-14(6-8-15)12-25-13-30/h2-4,9-11,13-15,27H,5-8,12H2,1H3,(H2,24,26)(H,25,30). The Balaban J connectivity index is 1.56. The zero-order valence-electron chi connectivity index (χ0n) is 17.5. The molecule has 0 bridgehead atoms. The second-order valence-corrected chi connectivity index (χ2v) is 8.20. The van der Waals surface area contributed by atoms with E-state index in [0.717, 1.165) is 78.0 Å². The third kappa shape index (κ3) is 3.37. The van der Waals surface area contributed by atoms with Crippen molar-refractivity contribution in [2.75, 3.05) is 19.4 Å². The molecule has 4 N–H and O–H groups in total. The van der Waals surface area contributed by atoms with Crippen LogP contribution in [0.15, 0.2) is 36.7 Å². The first-order chi connectivity index (χ1) is 15.2. The van der Waals surface area contributed by atoms with E-state index < -0.39 is 0 Å². The second-order valence-electron chi connectivity index (χ2n) is 8.20. The molecule has 0 unspecified atom stereocenters. The lowest BCUT2D eigenvalue weighted by molar-refractivity contribution is -0.109. The van der Waals surface area contributed by atoms with E-state index in [2.05, 4.69) is 25.8 Å². The molecule has 0 aliphatic heterocycles. The first-order valence-corrected chi connectivity index (χ1v) is 10.6. The first-order valence-electron chi connectivity index (χ1n) is 10.6. The lowest BCUT2D eigenvalue weighted by atomic mass is 9.81. The Labute approximate surface area is 179 Å². The largest absolute Gasteiger partial charge is 0.495 e. The molecule has 1 saturated carbocycles. The number of H-pyrrole nitrogens is 1. The molecule has 0 atom stereocenters. The van der Waals surface area contributed by atoms with E-state index in [4.69, 9.17) is 15.5 Å². The molecule has 8 nitrogen and oxygen atoms in total. The van der Waals surface area contributed by atoms with Crippen molar-refractivity contribution in [1.29, 1.82) is 0 Å². The predicted octanol–water partition coefficient (Wildman–Crippen LogP) is 3.49. The number of amides is 1. The van der Waals surface area contributed by atoms with E-state index in [0.29, 0.717) is 17.7 Å². The number of nitrogen functional groups attached to an aromatic ring is 1. The quantitative estimate of drug-likeness (QED) is 0.415. The van der Waals surface area contributed by atoms with Gasteiger partial charge in [0, 0.05) is 30.2 Å². The zero-order chi connectivity index (χ0) is 21.4. The molecule has 8 heteroatoms. The molecule has 0 saturated heterocycles. The van der Waals surface area contributed by atoms with E-state index >= 15 is 0 Å². The van der Waals surface area contributed by atoms with Gasteiger partial charge in [-0.05, 0) is 43.7 Å². The molecule has 0 radical (unpaired) electrons. The Morgan fingerprint density at radius 1 is 1.32 bits per heavy atom. The number of nitrogens with two attached hydrogens (primary N) is 1. The highest BCUT2D eigenvalue weighted by atomic mass is 16.5. The number of rotatable bonds is 6. The number of anilines is 1. The summed E-state index contributed by atoms with van der Waals surface area (Å²) in [4.78, 5) is 23.5. The molecule has 1 fully saturated rings. The van der Waals surface area contributed by atoms with Crippen LogP contribution in [0.3, 0.4) is 0 Å². The lowest BCUT2D eigenvalue weighted by Gasteiger charge is -2.27. The van der Waals surface area contributed by atoms with Gasteiger partial charge in [-0.15, -0.1) is 0 Å². The Morgan fingerprint density at radius 3 is 2.94 bits per heavy atom. The predicted molar refractivity (Wildman–Crippen MR) is 120 cm³/mol. The Kier molecular flexibility index (Phi) is 4.97. The highest BCUT2D eigenvalue weighted by Gasteiger charge is 2.28. The van der Waals surface area contributed by atoms with Gasteiger partial charge in [0.1, 0.15) is 28.6 Å². The summed E-state index contributed by atoms with van der Waals surface area (Å²) in [6.45, 7) is 0.748. The number of nitrogens with zero attached hydrogens (tertiary/aromatic N) is 3. The van der Waals surface area contributed by atoms with E-state index in [9.17, 15) is 4.79 Å². The molecule has 5 rings (SSSR count). The molecular weight excluding hydrogens is 392 g/mol. The maximum absolute atomic E-state index is 10.6. The van der Waals surface area contributed by atoms with Crippen molar-refractivity contribution in [2.24, 2.45) is 5.92 Å². The van der Waals surface area contributed by atoms with Gasteiger partial charge in [-0.1, -0.05) is 12.1 Å². The third-order valence-electron chi connectivity index (χ3n) is 6.41. The number of nitrogens with one attached hydrogen (secondary N) is 2. The monoisotopic (exact) mass is 418 g/mol. The number of methoxy groups -OCH3 is 1. The highest BCUT2D eigenvalue weighted by Crippen LogP contribution is 2.39. The van der Waals surface area contributed by atoms with Crippen LogP contribution in [0.4, 0.5) is 5.82 Å². The highest BCUT2D eigenvalue weighted by molar-refractivity contribution is 5.93. The maximum Gasteiger partial charge on any atom is 0.207 e. The molecule has 3 heterocycles. The minimum atomic E-state index is 0.342. The van der Waals surface area contributed by atoms with Gasteiger partial charge in [0.2, 0.25) is 6.41 Å². The van der Waals surface area contributed by atoms with Crippen molar-refractivity contribution < 1.29 is 9.53 Å². The fraction of sp³-hybridized carbons (Fsp3) is 0.348. The van der Waals surface area contributed by atoms with Crippen LogP contribution in [-0.2, 0) is 4.79 Å². The summed E-state index contributed by atoms with van der Waals surface area (Å²) >= 11 is 0. The first kappa shape index (κ1) is 19.4. The minimum Gasteiger partial charge on any atom is -0.495 e. The van der Waals surface area contributed by atoms with Crippen molar-refractivity contribution in [3.05, 3.63) is 42.5 Å². The van der Waals surface area contributed by atoms with Gasteiger partial charge in [-0.3, -0.25) is 9.20 Å². The van der Waals surface area contributed by atoms with Crippen LogP contribution in [0.25, 0.3) is 27.8 Å². The average molecular weight is 419 g/mol. The van der Waals surface area contributed by atoms with Gasteiger partial charge in [0.05, 0.1) is 18.3 Å². The fourth-order valence-corrected chi connectivity index (χ4v) is 4.83. The van der Waals surface area contributed by atoms with Crippen molar-refractivity contribution in [2.45, 2.75) is 31.6 Å². The van der Waals surface area contributed by atoms with Crippen molar-refractivity contribution in [1.82, 2.24) is 24.7 Å². The van der Waals surface area contributed by atoms with Crippen molar-refractivity contribution >= 4 is 28.6 Å². The SMILES string of the molecule is COc1cccc2cc(-c3nc(C4CCC(CNC=O)CC4)n4ccnc(N)c34)[nH]c12. The molecule has 3 aromatic heterocycles. The molecule has 1 amide bonds. The van der Waals surface area contributed by atoms with Gasteiger partial charge < -0.3 is 20.8 Å². The van der Waals surface area contributed by atoms with Crippen molar-refractivity contribution in [3.8, 4) is 17.1 Å². The van der Waals surface area contributed by atoms with E-state index in [1.165, 1.54) is 0 Å². The smallest absolute Gasteiger partial charge is 0.207 e. The number of benzene rings is 1. The van der Waals surface area contributed by atoms with Crippen LogP contribution in [0, 0.1) is 5.92 Å². The van der Waals surface area contributed by atoms with Crippen LogP contribution in [0.2, 0.25) is 0 Å². The summed E-state index contributed by atoms with van der Waals surface area (Å²) in [5.74, 6) is 3.15. The molecule has 31 heavy (non-hydrogen) atoms. The summed E-state index contributed by atoms with van der Waals surface area (Å²) in [5.41, 5.74) is 9.78. The number of hydrogen-bond donors (Lipinski definition) is 3. The van der Waals surface area contributed by atoms with Crippen LogP contribution < -0.4 is 15.8 Å². The normalized spacial score (nSPS) is 19.0. The molecular formula is C23H26N6O2. The number of hydrogen-bond acceptors (Lipinski definition) is 5. The third-order valence-corrected chi connectivity index (χ3v) is 6.41. The van der Waals surface area contributed by atoms with E-state index in [1.807, 2.05) is 24.4 Å². The van der Waals surface area contributed by atoms with Gasteiger partial charge in [-0.2, -0.15) is 0 Å². The maximum atomic E-state index is 10.6. The average Bonchev–Trinajstić information content (AvgIpc) is 3.40. The summed E-state index contributed by atoms with van der Waals surface area (Å²) < 4.78 is 7.60. The molecule has 0 spiro atoms. The Bertz CT molecular complexity index is 1240. The zero-order valence-corrected chi connectivity index (χ0v) is 17.5. The number of carbonyl (C=O) groups is 1. The number of carbonyl (C=O) groups excluding carboxylic acids is 1. The second kappa shape index (κ2) is 7.94. The number of ether oxygens (including phenoxy) is 1. The Morgan fingerprint density at radius 2 is 2.16 bits per heavy atom. The lowest BCUT2D eigenvalue weighted by Crippen LogP contribution is -2.25. The van der Waals surface area contributed by atoms with Gasteiger partial charge in [0.15, 0.2) is 0 Å². The van der Waals surface area contributed by atoms with Crippen LogP contribution >= 0.6 is 0 Å². The summed E-state index contributed by atoms with van der Waals surface area (Å²) in [6.07, 6.45) is 8.66. The van der Waals surface area contributed by atoms with Gasteiger partial charge in [-0.25, -0.2) is 9.97 Å². The van der Waals surface area contributed by atoms with Crippen LogP contribution in [0.5, 0.6) is 5.75 Å². The van der Waals surface area contributed by atoms with Gasteiger partial charge in [0.25, 0.3) is 0 Å². The number of imidazole rings is 1. The number of aromatic amines is 1. The number of fused-ring (bicyclic) bond motifs is 2. The van der Waals surface area contributed by atoms with Gasteiger partial charge >= 0.3 is 0 Å². The Hall–Kier alpha value is -3.55. The number of aromatic nitrogens is 4. The fourth-order valence-electron chi connectivity index (χ4n) is 4.83. The van der Waals surface area contributed by atoms with Crippen LogP contribution in [-0.4, -0.2) is 39.4 Å². The molecule has 4 aromatic rings. The summed E-state index contributed by atoms with van der Waals surface area (Å²) in [6, 6.07) is 8.04. The van der Waals surface area contributed by atoms with Crippen LogP contribution in [0.1, 0.15) is 37.4 Å². The number of para-hydroxylation sites is 1. The topological polar surface area (TPSA) is 110 Å².